The smallest absolute Gasteiger partial charge is 0.229 e. The second-order valence-electron chi connectivity index (χ2n) is 5.74. The lowest BCUT2D eigenvalue weighted by molar-refractivity contribution is -0.135. The molecule has 1 aromatic rings. The number of carbonyl (C=O) groups excluding carboxylic acids is 1. The van der Waals surface area contributed by atoms with Crippen LogP contribution in [0.4, 0.5) is 0 Å². The second kappa shape index (κ2) is 6.17. The van der Waals surface area contributed by atoms with Crippen LogP contribution < -0.4 is 4.74 Å². The van der Waals surface area contributed by atoms with Crippen LogP contribution in [-0.2, 0) is 11.2 Å². The summed E-state index contributed by atoms with van der Waals surface area (Å²) in [5.74, 6) is 1.87. The second-order valence-corrected chi connectivity index (χ2v) is 6.53. The Kier molecular flexibility index (Phi) is 4.29. The standard InChI is InChI=1S/C16H20BrNO2/c17-7-5-12-6-8-18(10-12)16(19)14-9-13-3-1-2-4-15(13)20-11-14/h1-4,12,14H,5-11H2. The van der Waals surface area contributed by atoms with E-state index in [-0.39, 0.29) is 11.8 Å². The zero-order valence-corrected chi connectivity index (χ0v) is 13.1. The average Bonchev–Trinajstić information content (AvgIpc) is 2.95. The van der Waals surface area contributed by atoms with Gasteiger partial charge in [0.15, 0.2) is 0 Å². The molecule has 2 unspecified atom stereocenters. The summed E-state index contributed by atoms with van der Waals surface area (Å²) in [6.07, 6.45) is 3.11. The SMILES string of the molecule is O=C(C1COc2ccccc2C1)N1CCC(CCBr)C1. The van der Waals surface area contributed by atoms with Gasteiger partial charge < -0.3 is 9.64 Å². The van der Waals surface area contributed by atoms with Crippen LogP contribution >= 0.6 is 15.9 Å². The van der Waals surface area contributed by atoms with Crippen molar-refractivity contribution in [1.29, 1.82) is 0 Å². The highest BCUT2D eigenvalue weighted by Gasteiger charge is 2.33. The Morgan fingerprint density at radius 3 is 3.10 bits per heavy atom. The van der Waals surface area contributed by atoms with Gasteiger partial charge in [-0.2, -0.15) is 0 Å². The van der Waals surface area contributed by atoms with Crippen molar-refractivity contribution >= 4 is 21.8 Å². The van der Waals surface area contributed by atoms with Crippen LogP contribution in [0.3, 0.4) is 0 Å². The molecule has 2 heterocycles. The molecule has 2 aliphatic rings. The third-order valence-corrected chi connectivity index (χ3v) is 4.80. The summed E-state index contributed by atoms with van der Waals surface area (Å²) in [5, 5.41) is 1.03. The molecular weight excluding hydrogens is 318 g/mol. The van der Waals surface area contributed by atoms with Crippen LogP contribution in [0.1, 0.15) is 18.4 Å². The van der Waals surface area contributed by atoms with Gasteiger partial charge in [0, 0.05) is 18.4 Å². The number of hydrogen-bond acceptors (Lipinski definition) is 2. The van der Waals surface area contributed by atoms with E-state index in [0.29, 0.717) is 12.5 Å². The van der Waals surface area contributed by atoms with Crippen LogP contribution in [-0.4, -0.2) is 35.8 Å². The summed E-state index contributed by atoms with van der Waals surface area (Å²) in [6, 6.07) is 8.04. The number of para-hydroxylation sites is 1. The first-order chi connectivity index (χ1) is 9.78. The summed E-state index contributed by atoms with van der Waals surface area (Å²) in [7, 11) is 0. The van der Waals surface area contributed by atoms with Crippen LogP contribution in [0.2, 0.25) is 0 Å². The van der Waals surface area contributed by atoms with Crippen molar-refractivity contribution in [2.24, 2.45) is 11.8 Å². The maximum absolute atomic E-state index is 12.6. The fourth-order valence-corrected chi connectivity index (χ4v) is 3.82. The predicted octanol–water partition coefficient (Wildman–Crippen LogP) is 2.87. The topological polar surface area (TPSA) is 29.5 Å². The minimum absolute atomic E-state index is 0.00683. The van der Waals surface area contributed by atoms with Crippen molar-refractivity contribution in [3.05, 3.63) is 29.8 Å². The Bertz CT molecular complexity index is 491. The van der Waals surface area contributed by atoms with Crippen LogP contribution in [0.15, 0.2) is 24.3 Å². The zero-order valence-electron chi connectivity index (χ0n) is 11.6. The number of carbonyl (C=O) groups is 1. The zero-order chi connectivity index (χ0) is 13.9. The fraction of sp³-hybridized carbons (Fsp3) is 0.562. The molecular formula is C16H20BrNO2. The lowest BCUT2D eigenvalue weighted by Gasteiger charge is -2.28. The number of amides is 1. The van der Waals surface area contributed by atoms with Crippen molar-refractivity contribution in [3.8, 4) is 5.75 Å². The van der Waals surface area contributed by atoms with Crippen molar-refractivity contribution < 1.29 is 9.53 Å². The van der Waals surface area contributed by atoms with Crippen molar-refractivity contribution in [1.82, 2.24) is 4.90 Å². The molecule has 0 saturated carbocycles. The Labute approximate surface area is 128 Å². The Morgan fingerprint density at radius 1 is 1.40 bits per heavy atom. The molecule has 1 saturated heterocycles. The van der Waals surface area contributed by atoms with Crippen LogP contribution in [0.25, 0.3) is 0 Å². The van der Waals surface area contributed by atoms with Gasteiger partial charge in [-0.3, -0.25) is 4.79 Å². The molecule has 1 fully saturated rings. The van der Waals surface area contributed by atoms with Gasteiger partial charge in [0.1, 0.15) is 12.4 Å². The third-order valence-electron chi connectivity index (χ3n) is 4.34. The van der Waals surface area contributed by atoms with Crippen molar-refractivity contribution in [3.63, 3.8) is 0 Å². The maximum atomic E-state index is 12.6. The molecule has 2 atom stereocenters. The normalized spacial score (nSPS) is 25.1. The monoisotopic (exact) mass is 337 g/mol. The van der Waals surface area contributed by atoms with Gasteiger partial charge in [0.05, 0.1) is 5.92 Å². The molecule has 1 aromatic carbocycles. The Balaban J connectivity index is 1.62. The van der Waals surface area contributed by atoms with Gasteiger partial charge >= 0.3 is 0 Å². The van der Waals surface area contributed by atoms with Gasteiger partial charge in [0.2, 0.25) is 5.91 Å². The number of alkyl halides is 1. The predicted molar refractivity (Wildman–Crippen MR) is 82.2 cm³/mol. The quantitative estimate of drug-likeness (QED) is 0.793. The highest BCUT2D eigenvalue weighted by molar-refractivity contribution is 9.09. The van der Waals surface area contributed by atoms with E-state index in [1.54, 1.807) is 0 Å². The first-order valence-corrected chi connectivity index (χ1v) is 8.45. The molecule has 3 nitrogen and oxygen atoms in total. The number of hydrogen-bond donors (Lipinski definition) is 0. The highest BCUT2D eigenvalue weighted by Crippen LogP contribution is 2.29. The van der Waals surface area contributed by atoms with E-state index in [2.05, 4.69) is 22.0 Å². The molecule has 0 spiro atoms. The summed E-state index contributed by atoms with van der Waals surface area (Å²) in [6.45, 7) is 2.35. The molecule has 0 N–H and O–H groups in total. The van der Waals surface area contributed by atoms with E-state index >= 15 is 0 Å². The van der Waals surface area contributed by atoms with Gasteiger partial charge in [-0.15, -0.1) is 0 Å². The molecule has 0 aromatic heterocycles. The molecule has 0 radical (unpaired) electrons. The first-order valence-electron chi connectivity index (χ1n) is 7.33. The molecule has 3 rings (SSSR count). The van der Waals surface area contributed by atoms with E-state index in [9.17, 15) is 4.79 Å². The van der Waals surface area contributed by atoms with E-state index < -0.39 is 0 Å². The number of nitrogens with zero attached hydrogens (tertiary/aromatic N) is 1. The molecule has 4 heteroatoms. The van der Waals surface area contributed by atoms with Crippen molar-refractivity contribution in [2.45, 2.75) is 19.3 Å². The lowest BCUT2D eigenvalue weighted by atomic mass is 9.95. The van der Waals surface area contributed by atoms with E-state index in [1.807, 2.05) is 23.1 Å². The number of likely N-dealkylation sites (tertiary alicyclic amines) is 1. The minimum atomic E-state index is -0.00683. The van der Waals surface area contributed by atoms with Gasteiger partial charge in [-0.25, -0.2) is 0 Å². The Hall–Kier alpha value is -1.03. The first kappa shape index (κ1) is 13.9. The number of fused-ring (bicyclic) bond motifs is 1. The van der Waals surface area contributed by atoms with Gasteiger partial charge in [-0.05, 0) is 36.8 Å². The lowest BCUT2D eigenvalue weighted by Crippen LogP contribution is -2.39. The maximum Gasteiger partial charge on any atom is 0.229 e. The molecule has 1 amide bonds. The summed E-state index contributed by atoms with van der Waals surface area (Å²) < 4.78 is 5.74. The Morgan fingerprint density at radius 2 is 2.25 bits per heavy atom. The summed E-state index contributed by atoms with van der Waals surface area (Å²) in [5.41, 5.74) is 1.16. The number of halogens is 1. The highest BCUT2D eigenvalue weighted by atomic mass is 79.9. The molecule has 2 aliphatic heterocycles. The number of benzene rings is 1. The molecule has 0 bridgehead atoms. The van der Waals surface area contributed by atoms with Crippen LogP contribution in [0.5, 0.6) is 5.75 Å². The van der Waals surface area contributed by atoms with E-state index in [0.717, 1.165) is 49.0 Å². The summed E-state index contributed by atoms with van der Waals surface area (Å²) >= 11 is 3.49. The fourth-order valence-electron chi connectivity index (χ4n) is 3.17. The third kappa shape index (κ3) is 2.85. The van der Waals surface area contributed by atoms with Crippen LogP contribution in [0, 0.1) is 11.8 Å². The van der Waals surface area contributed by atoms with E-state index in [1.165, 1.54) is 0 Å². The largest absolute Gasteiger partial charge is 0.492 e. The summed E-state index contributed by atoms with van der Waals surface area (Å²) in [4.78, 5) is 14.6. The van der Waals surface area contributed by atoms with Crippen molar-refractivity contribution in [2.75, 3.05) is 25.0 Å². The average molecular weight is 338 g/mol. The number of ether oxygens (including phenoxy) is 1. The molecule has 0 aliphatic carbocycles. The van der Waals surface area contributed by atoms with Gasteiger partial charge in [0.25, 0.3) is 0 Å². The van der Waals surface area contributed by atoms with Gasteiger partial charge in [-0.1, -0.05) is 34.1 Å². The number of rotatable bonds is 3. The van der Waals surface area contributed by atoms with E-state index in [4.69, 9.17) is 4.74 Å². The molecule has 20 heavy (non-hydrogen) atoms. The molecule has 108 valence electrons. The minimum Gasteiger partial charge on any atom is -0.492 e.